The summed E-state index contributed by atoms with van der Waals surface area (Å²) < 4.78 is 20.5. The summed E-state index contributed by atoms with van der Waals surface area (Å²) in [6.45, 7) is 17.0. The number of hydrogen-bond acceptors (Lipinski definition) is 6. The van der Waals surface area contributed by atoms with Crippen molar-refractivity contribution in [3.05, 3.63) is 203 Å². The quantitative estimate of drug-likeness (QED) is 0.154. The molecule has 6 aromatic heterocycles. The summed E-state index contributed by atoms with van der Waals surface area (Å²) in [4.78, 5) is 22.7. The van der Waals surface area contributed by atoms with E-state index in [1.807, 2.05) is 0 Å². The summed E-state index contributed by atoms with van der Waals surface area (Å²) in [6.07, 6.45) is 0. The molecule has 0 saturated heterocycles. The Kier molecular flexibility index (Phi) is 9.81. The monoisotopic (exact) mass is 1060 g/mol. The number of aryl methyl sites for hydroxylation is 4. The summed E-state index contributed by atoms with van der Waals surface area (Å²) in [5.74, 6) is 3.81. The van der Waals surface area contributed by atoms with Gasteiger partial charge >= 0.3 is 0 Å². The van der Waals surface area contributed by atoms with E-state index < -0.39 is 0 Å². The molecule has 82 heavy (non-hydrogen) atoms. The van der Waals surface area contributed by atoms with Crippen LogP contribution >= 0.6 is 0 Å². The lowest BCUT2D eigenvalue weighted by Gasteiger charge is -2.41. The lowest BCUT2D eigenvalue weighted by Crippen LogP contribution is -2.63. The van der Waals surface area contributed by atoms with Crippen molar-refractivity contribution in [2.75, 3.05) is 0 Å². The Morgan fingerprint density at radius 3 is 1.05 bits per heavy atom. The molecule has 390 valence electrons. The molecule has 0 bridgehead atoms. The maximum absolute atomic E-state index is 7.80. The van der Waals surface area contributed by atoms with Crippen LogP contribution < -0.4 is 42.3 Å². The average Bonchev–Trinajstić information content (AvgIpc) is 2.65. The van der Waals surface area contributed by atoms with E-state index in [1.54, 1.807) is 0 Å². The minimum absolute atomic E-state index is 0.276. The molecule has 0 atom stereocenters. The zero-order valence-electron chi connectivity index (χ0n) is 47.0. The van der Waals surface area contributed by atoms with Crippen molar-refractivity contribution in [2.45, 2.75) is 67.2 Å². The van der Waals surface area contributed by atoms with Gasteiger partial charge in [-0.05, 0) is 121 Å². The Hall–Kier alpha value is -9.53. The SMILES string of the molecule is Cc1ccc(-c2ccc3c(n2)c2nc(-c4ccc(C)cc4)cc4c2n3-c2c3c5c(c6c2B4c2cc(C(C)C)ccc2O6)-n2c4ccc(-c6ccc(C)cc6)nc4c4nc(-c6ccc(C)cc6)cc(c42)B5c2cc(C(C)C)ccc2O3)cc1. The summed E-state index contributed by atoms with van der Waals surface area (Å²) >= 11 is 0. The standard InChI is InChI=1S/C72H54B2N6O2/c1-37(2)47-25-31-59-49(33-47)73-51-35-55(45-21-13-41(7)14-22-45)77-65-63-57(29-27-53(75-63)43-17-9-39(5)10-18-43)79(67(51)65)69-61(73)71(81-59)70-62-72(69)82-60-32-26-48(38(3)4)34-50(60)74(62)52-36-56(46-23-15-42(8)16-24-46)78-66-64-58(80(70)68(52)66)30-28-54(76-64)44-19-11-40(6)12-20-44/h9-38H,1-8H3. The van der Waals surface area contributed by atoms with Crippen molar-refractivity contribution in [2.24, 2.45) is 0 Å². The van der Waals surface area contributed by atoms with E-state index in [0.717, 1.165) is 156 Å². The van der Waals surface area contributed by atoms with Crippen molar-refractivity contribution in [3.8, 4) is 79.4 Å². The molecule has 4 aliphatic heterocycles. The lowest BCUT2D eigenvalue weighted by atomic mass is 9.31. The Morgan fingerprint density at radius 2 is 0.695 bits per heavy atom. The van der Waals surface area contributed by atoms with Crippen LogP contribution in [-0.2, 0) is 0 Å². The number of pyridine rings is 4. The van der Waals surface area contributed by atoms with Gasteiger partial charge in [-0.25, -0.2) is 19.9 Å². The normalized spacial score (nSPS) is 13.2. The number of aromatic nitrogens is 6. The smallest absolute Gasteiger partial charge is 0.256 e. The number of nitrogens with zero attached hydrogens (tertiary/aromatic N) is 6. The van der Waals surface area contributed by atoms with Crippen LogP contribution in [0, 0.1) is 27.7 Å². The van der Waals surface area contributed by atoms with Crippen molar-refractivity contribution >= 4 is 90.3 Å². The minimum Gasteiger partial charge on any atom is -0.456 e. The summed E-state index contributed by atoms with van der Waals surface area (Å²) in [5.41, 5.74) is 30.9. The molecular weight excluding hydrogens is 1000 g/mol. The third kappa shape index (κ3) is 6.63. The molecule has 10 heteroatoms. The van der Waals surface area contributed by atoms with Gasteiger partial charge in [0, 0.05) is 33.2 Å². The highest BCUT2D eigenvalue weighted by Gasteiger charge is 2.51. The Balaban J connectivity index is 1.06. The molecule has 0 radical (unpaired) electrons. The van der Waals surface area contributed by atoms with E-state index in [-0.39, 0.29) is 25.3 Å². The Bertz CT molecular complexity index is 4650. The molecule has 17 rings (SSSR count). The van der Waals surface area contributed by atoms with E-state index in [0.29, 0.717) is 0 Å². The average molecular weight is 1060 g/mol. The fourth-order valence-corrected chi connectivity index (χ4v) is 13.8. The van der Waals surface area contributed by atoms with Crippen LogP contribution in [0.15, 0.2) is 170 Å². The van der Waals surface area contributed by atoms with Gasteiger partial charge in [-0.3, -0.25) is 0 Å². The molecule has 0 spiro atoms. The van der Waals surface area contributed by atoms with E-state index in [9.17, 15) is 0 Å². The summed E-state index contributed by atoms with van der Waals surface area (Å²) in [6, 6.07) is 62.1. The number of fused-ring (bicyclic) bond motifs is 16. The first kappa shape index (κ1) is 47.3. The van der Waals surface area contributed by atoms with Crippen LogP contribution in [0.1, 0.15) is 72.9 Å². The van der Waals surface area contributed by atoms with Gasteiger partial charge in [0.05, 0.1) is 56.2 Å². The van der Waals surface area contributed by atoms with Gasteiger partial charge in [0.25, 0.3) is 13.4 Å². The van der Waals surface area contributed by atoms with E-state index in [1.165, 1.54) is 33.4 Å². The molecule has 4 aliphatic rings. The second kappa shape index (κ2) is 17.0. The third-order valence-electron chi connectivity index (χ3n) is 18.1. The highest BCUT2D eigenvalue weighted by molar-refractivity contribution is 7.02. The summed E-state index contributed by atoms with van der Waals surface area (Å²) in [7, 11) is 0. The maximum Gasteiger partial charge on any atom is 0.256 e. The van der Waals surface area contributed by atoms with Crippen LogP contribution in [0.2, 0.25) is 0 Å². The zero-order valence-corrected chi connectivity index (χ0v) is 47.0. The van der Waals surface area contributed by atoms with Crippen LogP contribution in [0.4, 0.5) is 0 Å². The van der Waals surface area contributed by atoms with Crippen LogP contribution in [0.5, 0.6) is 23.0 Å². The fraction of sp³-hybridized carbons (Fsp3) is 0.139. The van der Waals surface area contributed by atoms with Crippen LogP contribution in [0.3, 0.4) is 0 Å². The molecule has 0 N–H and O–H groups in total. The van der Waals surface area contributed by atoms with E-state index >= 15 is 0 Å². The fourth-order valence-electron chi connectivity index (χ4n) is 13.8. The number of rotatable bonds is 6. The molecule has 0 saturated carbocycles. The van der Waals surface area contributed by atoms with Gasteiger partial charge in [0.15, 0.2) is 0 Å². The molecular formula is C72H54B2N6O2. The highest BCUT2D eigenvalue weighted by Crippen LogP contribution is 2.49. The first-order chi connectivity index (χ1) is 39.9. The second-order valence-corrected chi connectivity index (χ2v) is 24.0. The van der Waals surface area contributed by atoms with Crippen molar-refractivity contribution < 1.29 is 9.47 Å². The molecule has 0 fully saturated rings. The minimum atomic E-state index is -0.295. The summed E-state index contributed by atoms with van der Waals surface area (Å²) in [5, 5.41) is 0. The molecule has 8 nitrogen and oxygen atoms in total. The molecule has 10 heterocycles. The van der Waals surface area contributed by atoms with Crippen molar-refractivity contribution in [3.63, 3.8) is 0 Å². The topological polar surface area (TPSA) is 79.9 Å². The zero-order chi connectivity index (χ0) is 55.1. The van der Waals surface area contributed by atoms with Gasteiger partial charge in [0.2, 0.25) is 0 Å². The maximum atomic E-state index is 7.80. The number of hydrogen-bond donors (Lipinski definition) is 0. The van der Waals surface area contributed by atoms with Gasteiger partial charge in [-0.15, -0.1) is 0 Å². The largest absolute Gasteiger partial charge is 0.456 e. The predicted molar refractivity (Wildman–Crippen MR) is 338 cm³/mol. The van der Waals surface area contributed by atoms with Gasteiger partial charge in [0.1, 0.15) is 45.1 Å². The van der Waals surface area contributed by atoms with Crippen LogP contribution in [0.25, 0.3) is 101 Å². The Labute approximate surface area is 476 Å². The molecule has 0 unspecified atom stereocenters. The lowest BCUT2D eigenvalue weighted by molar-refractivity contribution is 0.472. The van der Waals surface area contributed by atoms with Gasteiger partial charge in [-0.1, -0.05) is 171 Å². The Morgan fingerprint density at radius 1 is 0.354 bits per heavy atom. The first-order valence-electron chi connectivity index (χ1n) is 28.8. The molecule has 13 aromatic rings. The molecule has 0 amide bonds. The third-order valence-corrected chi connectivity index (χ3v) is 18.1. The predicted octanol–water partition coefficient (Wildman–Crippen LogP) is 13.5. The highest BCUT2D eigenvalue weighted by atomic mass is 16.5. The van der Waals surface area contributed by atoms with Gasteiger partial charge in [-0.2, -0.15) is 0 Å². The first-order valence-corrected chi connectivity index (χ1v) is 28.8. The molecule has 0 aliphatic carbocycles. The molecule has 7 aromatic carbocycles. The van der Waals surface area contributed by atoms with Crippen molar-refractivity contribution in [1.82, 2.24) is 29.1 Å². The van der Waals surface area contributed by atoms with E-state index in [4.69, 9.17) is 29.4 Å². The van der Waals surface area contributed by atoms with Crippen molar-refractivity contribution in [1.29, 1.82) is 0 Å². The van der Waals surface area contributed by atoms with E-state index in [2.05, 4.69) is 234 Å². The second-order valence-electron chi connectivity index (χ2n) is 24.0. The number of ether oxygens (including phenoxy) is 2. The van der Waals surface area contributed by atoms with Crippen LogP contribution in [-0.4, -0.2) is 42.5 Å². The number of benzene rings is 7. The van der Waals surface area contributed by atoms with Gasteiger partial charge < -0.3 is 18.6 Å².